The first-order valence-electron chi connectivity index (χ1n) is 12.8. The summed E-state index contributed by atoms with van der Waals surface area (Å²) in [6.07, 6.45) is -2.51. The molecule has 1 heterocycles. The summed E-state index contributed by atoms with van der Waals surface area (Å²) in [6, 6.07) is 4.99. The largest absolute Gasteiger partial charge is 0.464 e. The van der Waals surface area contributed by atoms with Gasteiger partial charge < -0.3 is 29.4 Å². The lowest BCUT2D eigenvalue weighted by Crippen LogP contribution is -2.70. The van der Waals surface area contributed by atoms with E-state index in [1.165, 1.54) is 6.92 Å². The summed E-state index contributed by atoms with van der Waals surface area (Å²) in [5, 5.41) is 2.96. The van der Waals surface area contributed by atoms with E-state index in [0.29, 0.717) is 0 Å². The zero-order chi connectivity index (χ0) is 25.2. The van der Waals surface area contributed by atoms with Gasteiger partial charge in [0.25, 0.3) is 0 Å². The Bertz CT molecular complexity index is 599. The molecule has 0 bridgehead atoms. The van der Waals surface area contributed by atoms with Gasteiger partial charge in [0.1, 0.15) is 0 Å². The second kappa shape index (κ2) is 13.9. The highest BCUT2D eigenvalue weighted by Gasteiger charge is 2.54. The van der Waals surface area contributed by atoms with E-state index in [4.69, 9.17) is 24.1 Å². The number of carbonyl (C=O) groups is 2. The molecule has 0 radical (unpaired) electrons. The van der Waals surface area contributed by atoms with Gasteiger partial charge in [-0.3, -0.25) is 4.79 Å². The number of rotatable bonds is 14. The van der Waals surface area contributed by atoms with E-state index in [2.05, 4.69) is 46.9 Å². The van der Waals surface area contributed by atoms with E-state index in [1.807, 2.05) is 0 Å². The molecular weight excluding hydrogens is 456 g/mol. The zero-order valence-electron chi connectivity index (χ0n) is 22.1. The van der Waals surface area contributed by atoms with E-state index in [-0.39, 0.29) is 19.1 Å². The molecule has 0 aliphatic carbocycles. The monoisotopic (exact) mass is 504 g/mol. The number of nitrogens with two attached hydrogens (primary N) is 1. The van der Waals surface area contributed by atoms with E-state index in [0.717, 1.165) is 36.3 Å². The molecule has 0 aromatic rings. The van der Waals surface area contributed by atoms with E-state index < -0.39 is 53.1 Å². The van der Waals surface area contributed by atoms with Gasteiger partial charge in [0.05, 0.1) is 31.0 Å². The molecule has 194 valence electrons. The van der Waals surface area contributed by atoms with Crippen LogP contribution in [0.2, 0.25) is 36.3 Å². The molecule has 0 saturated carbocycles. The van der Waals surface area contributed by atoms with E-state index in [9.17, 15) is 9.59 Å². The van der Waals surface area contributed by atoms with Crippen LogP contribution < -0.4 is 11.1 Å². The molecule has 1 fully saturated rings. The maximum absolute atomic E-state index is 12.9. The van der Waals surface area contributed by atoms with Gasteiger partial charge in [0.15, 0.2) is 22.7 Å². The molecular formula is C23H48N2O6Si2. The molecule has 1 aliphatic heterocycles. The van der Waals surface area contributed by atoms with Crippen LogP contribution in [0.5, 0.6) is 0 Å². The van der Waals surface area contributed by atoms with Crippen LogP contribution in [0.1, 0.15) is 55.4 Å². The molecule has 8 nitrogen and oxygen atoms in total. The van der Waals surface area contributed by atoms with Gasteiger partial charge in [-0.05, 0) is 43.2 Å². The lowest BCUT2D eigenvalue weighted by atomic mass is 9.92. The van der Waals surface area contributed by atoms with Gasteiger partial charge in [0.2, 0.25) is 5.91 Å². The summed E-state index contributed by atoms with van der Waals surface area (Å²) in [6.45, 7) is 16.6. The van der Waals surface area contributed by atoms with Crippen molar-refractivity contribution in [2.24, 2.45) is 5.73 Å². The highest BCUT2D eigenvalue weighted by molar-refractivity contribution is 6.74. The van der Waals surface area contributed by atoms with Crippen molar-refractivity contribution >= 4 is 28.5 Å². The Hall–Kier alpha value is -0.786. The normalized spacial score (nSPS) is 26.2. The molecule has 1 rings (SSSR count). The fourth-order valence-electron chi connectivity index (χ4n) is 4.81. The second-order valence-corrected chi connectivity index (χ2v) is 18.4. The van der Waals surface area contributed by atoms with E-state index >= 15 is 0 Å². The van der Waals surface area contributed by atoms with Crippen LogP contribution in [0.15, 0.2) is 0 Å². The average Bonchev–Trinajstić information content (AvgIpc) is 2.82. The third-order valence-corrected chi connectivity index (χ3v) is 16.7. The van der Waals surface area contributed by atoms with E-state index in [1.54, 1.807) is 6.92 Å². The van der Waals surface area contributed by atoms with Crippen molar-refractivity contribution in [1.82, 2.24) is 5.32 Å². The predicted molar refractivity (Wildman–Crippen MR) is 136 cm³/mol. The first-order valence-corrected chi connectivity index (χ1v) is 17.9. The summed E-state index contributed by atoms with van der Waals surface area (Å²) in [7, 11) is -4.21. The maximum atomic E-state index is 12.9. The molecule has 0 unspecified atom stereocenters. The molecule has 33 heavy (non-hydrogen) atoms. The standard InChI is InChI=1S/C23H48N2O6Si2/c1-9-28-23(27)22-19(25-17(8)26)21(31-33(13-5,14-6)15-7)20(18(16-24)29-22)30-32(10-2,11-3)12-4/h18-22H,9-16,24H2,1-8H3,(H,25,26)/t18-,19-,20-,21-,22-/m1/s1. The summed E-state index contributed by atoms with van der Waals surface area (Å²) in [5.41, 5.74) is 6.17. The minimum Gasteiger partial charge on any atom is -0.464 e. The quantitative estimate of drug-likeness (QED) is 0.275. The Labute approximate surface area is 202 Å². The summed E-state index contributed by atoms with van der Waals surface area (Å²) < 4.78 is 25.5. The summed E-state index contributed by atoms with van der Waals surface area (Å²) in [5.74, 6) is -0.762. The SMILES string of the molecule is CCOC(=O)[C@@H]1O[C@H](CN)[C@@H](O[Si](CC)(CC)CC)[C@H](O[Si](CC)(CC)CC)[C@H]1NC(C)=O. The number of carbonyl (C=O) groups excluding carboxylic acids is 2. The van der Waals surface area contributed by atoms with Crippen LogP contribution in [0, 0.1) is 0 Å². The fourth-order valence-corrected chi connectivity index (χ4v) is 10.5. The highest BCUT2D eigenvalue weighted by Crippen LogP contribution is 2.36. The molecule has 1 amide bonds. The fraction of sp³-hybridized carbons (Fsp3) is 0.913. The van der Waals surface area contributed by atoms with Crippen LogP contribution in [-0.4, -0.2) is 72.1 Å². The van der Waals surface area contributed by atoms with Crippen LogP contribution in [0.3, 0.4) is 0 Å². The lowest BCUT2D eigenvalue weighted by Gasteiger charge is -2.51. The van der Waals surface area contributed by atoms with Crippen LogP contribution in [0.25, 0.3) is 0 Å². The molecule has 0 spiro atoms. The van der Waals surface area contributed by atoms with Gasteiger partial charge in [-0.1, -0.05) is 41.5 Å². The smallest absolute Gasteiger partial charge is 0.337 e. The van der Waals surface area contributed by atoms with Crippen molar-refractivity contribution in [2.75, 3.05) is 13.2 Å². The minimum absolute atomic E-state index is 0.188. The third-order valence-electron chi connectivity index (χ3n) is 7.45. The summed E-state index contributed by atoms with van der Waals surface area (Å²) in [4.78, 5) is 25.2. The Morgan fingerprint density at radius 1 is 0.848 bits per heavy atom. The Kier molecular flexibility index (Phi) is 12.8. The Morgan fingerprint density at radius 2 is 1.30 bits per heavy atom. The van der Waals surface area contributed by atoms with Gasteiger partial charge in [0, 0.05) is 13.5 Å². The molecule has 5 atom stereocenters. The van der Waals surface area contributed by atoms with Crippen LogP contribution >= 0.6 is 0 Å². The Balaban J connectivity index is 3.62. The average molecular weight is 505 g/mol. The number of ether oxygens (including phenoxy) is 2. The number of esters is 1. The number of nitrogens with one attached hydrogen (secondary N) is 1. The predicted octanol–water partition coefficient (Wildman–Crippen LogP) is 3.56. The minimum atomic E-state index is -2.13. The number of hydrogen-bond acceptors (Lipinski definition) is 7. The highest BCUT2D eigenvalue weighted by atomic mass is 28.4. The van der Waals surface area contributed by atoms with Gasteiger partial charge in [-0.15, -0.1) is 0 Å². The van der Waals surface area contributed by atoms with Crippen molar-refractivity contribution < 1.29 is 27.9 Å². The zero-order valence-corrected chi connectivity index (χ0v) is 24.1. The summed E-state index contributed by atoms with van der Waals surface area (Å²) >= 11 is 0. The van der Waals surface area contributed by atoms with Crippen LogP contribution in [-0.2, 0) is 27.9 Å². The second-order valence-electron chi connectivity index (χ2n) is 8.96. The van der Waals surface area contributed by atoms with Crippen molar-refractivity contribution in [2.45, 2.75) is 122 Å². The first kappa shape index (κ1) is 30.2. The third kappa shape index (κ3) is 7.35. The molecule has 0 aromatic carbocycles. The molecule has 1 saturated heterocycles. The lowest BCUT2D eigenvalue weighted by molar-refractivity contribution is -0.196. The van der Waals surface area contributed by atoms with Crippen molar-refractivity contribution in [3.8, 4) is 0 Å². The topological polar surface area (TPSA) is 109 Å². The van der Waals surface area contributed by atoms with Gasteiger partial charge >= 0.3 is 5.97 Å². The maximum Gasteiger partial charge on any atom is 0.337 e. The van der Waals surface area contributed by atoms with Crippen LogP contribution in [0.4, 0.5) is 0 Å². The first-order chi connectivity index (χ1) is 15.6. The van der Waals surface area contributed by atoms with Gasteiger partial charge in [-0.2, -0.15) is 0 Å². The number of amides is 1. The molecule has 0 aromatic heterocycles. The molecule has 3 N–H and O–H groups in total. The van der Waals surface area contributed by atoms with Gasteiger partial charge in [-0.25, -0.2) is 4.79 Å². The Morgan fingerprint density at radius 3 is 1.67 bits per heavy atom. The molecule has 1 aliphatic rings. The number of hydrogen-bond donors (Lipinski definition) is 2. The van der Waals surface area contributed by atoms with Crippen molar-refractivity contribution in [1.29, 1.82) is 0 Å². The van der Waals surface area contributed by atoms with Crippen molar-refractivity contribution in [3.05, 3.63) is 0 Å². The molecule has 10 heteroatoms. The van der Waals surface area contributed by atoms with Crippen molar-refractivity contribution in [3.63, 3.8) is 0 Å².